The molecule has 0 saturated carbocycles. The first kappa shape index (κ1) is 12.1. The van der Waals surface area contributed by atoms with E-state index in [2.05, 4.69) is 0 Å². The van der Waals surface area contributed by atoms with Gasteiger partial charge in [-0.3, -0.25) is 0 Å². The number of methoxy groups -OCH3 is 2. The van der Waals surface area contributed by atoms with Gasteiger partial charge in [0.1, 0.15) is 6.61 Å². The minimum absolute atomic E-state index is 0.463. The quantitative estimate of drug-likeness (QED) is 0.555. The van der Waals surface area contributed by atoms with Crippen LogP contribution in [0.4, 0.5) is 0 Å². The Hall–Kier alpha value is -0.930. The Labute approximate surface area is 94.9 Å². The summed E-state index contributed by atoms with van der Waals surface area (Å²) in [7, 11) is 3.24. The molecule has 1 aromatic carbocycles. The van der Waals surface area contributed by atoms with Crippen molar-refractivity contribution < 1.29 is 14.2 Å². The maximum absolute atomic E-state index is 5.73. The molecule has 0 aromatic heterocycles. The first-order chi connectivity index (χ1) is 7.31. The maximum Gasteiger partial charge on any atom is 0.161 e. The predicted octanol–water partition coefficient (Wildman–Crippen LogP) is 2.46. The van der Waals surface area contributed by atoms with Crippen LogP contribution >= 0.6 is 11.6 Å². The van der Waals surface area contributed by atoms with Gasteiger partial charge in [-0.15, -0.1) is 11.6 Å². The third kappa shape index (κ3) is 3.61. The fraction of sp³-hybridized carbons (Fsp3) is 0.455. The molecule has 0 heterocycles. The van der Waals surface area contributed by atoms with Crippen molar-refractivity contribution in [3.63, 3.8) is 0 Å². The van der Waals surface area contributed by atoms with Gasteiger partial charge in [-0.2, -0.15) is 0 Å². The molecule has 1 rings (SSSR count). The molecule has 0 N–H and O–H groups in total. The molecule has 0 bridgehead atoms. The van der Waals surface area contributed by atoms with Crippen LogP contribution < -0.4 is 9.47 Å². The van der Waals surface area contributed by atoms with Gasteiger partial charge in [-0.25, -0.2) is 0 Å². The molecule has 0 saturated heterocycles. The standard InChI is InChI=1S/C11H15ClO3/c1-13-5-6-15-11-7-9(8-12)3-4-10(11)14-2/h3-4,7H,5-6,8H2,1-2H3. The fourth-order valence-electron chi connectivity index (χ4n) is 1.15. The topological polar surface area (TPSA) is 27.7 Å². The van der Waals surface area contributed by atoms with E-state index in [9.17, 15) is 0 Å². The van der Waals surface area contributed by atoms with Crippen LogP contribution in [0.3, 0.4) is 0 Å². The summed E-state index contributed by atoms with van der Waals surface area (Å²) in [6, 6.07) is 5.64. The summed E-state index contributed by atoms with van der Waals surface area (Å²) < 4.78 is 15.6. The molecule has 0 aliphatic carbocycles. The van der Waals surface area contributed by atoms with Gasteiger partial charge < -0.3 is 14.2 Å². The Bertz CT molecular complexity index is 302. The third-order valence-electron chi connectivity index (χ3n) is 1.93. The number of alkyl halides is 1. The first-order valence-corrected chi connectivity index (χ1v) is 5.20. The summed E-state index contributed by atoms with van der Waals surface area (Å²) in [5.41, 5.74) is 1.00. The van der Waals surface area contributed by atoms with Crippen molar-refractivity contribution in [1.29, 1.82) is 0 Å². The number of hydrogen-bond donors (Lipinski definition) is 0. The normalized spacial score (nSPS) is 10.1. The van der Waals surface area contributed by atoms with Gasteiger partial charge in [0, 0.05) is 13.0 Å². The zero-order chi connectivity index (χ0) is 11.1. The van der Waals surface area contributed by atoms with Crippen LogP contribution in [0.1, 0.15) is 5.56 Å². The number of rotatable bonds is 6. The molecular formula is C11H15ClO3. The van der Waals surface area contributed by atoms with Crippen LogP contribution in [-0.4, -0.2) is 27.4 Å². The smallest absolute Gasteiger partial charge is 0.161 e. The fourth-order valence-corrected chi connectivity index (χ4v) is 1.32. The lowest BCUT2D eigenvalue weighted by Crippen LogP contribution is -2.05. The van der Waals surface area contributed by atoms with Crippen molar-refractivity contribution in [2.45, 2.75) is 5.88 Å². The number of benzene rings is 1. The lowest BCUT2D eigenvalue weighted by Gasteiger charge is -2.11. The van der Waals surface area contributed by atoms with Crippen molar-refractivity contribution in [2.24, 2.45) is 0 Å². The largest absolute Gasteiger partial charge is 0.493 e. The molecule has 0 atom stereocenters. The van der Waals surface area contributed by atoms with Crippen LogP contribution in [-0.2, 0) is 10.6 Å². The molecule has 0 spiro atoms. The van der Waals surface area contributed by atoms with Gasteiger partial charge >= 0.3 is 0 Å². The molecule has 84 valence electrons. The molecule has 3 nitrogen and oxygen atoms in total. The summed E-state index contributed by atoms with van der Waals surface area (Å²) in [4.78, 5) is 0. The van der Waals surface area contributed by atoms with E-state index in [-0.39, 0.29) is 0 Å². The van der Waals surface area contributed by atoms with E-state index in [1.54, 1.807) is 14.2 Å². The van der Waals surface area contributed by atoms with Crippen LogP contribution in [0, 0.1) is 0 Å². The van der Waals surface area contributed by atoms with E-state index in [1.807, 2.05) is 18.2 Å². The minimum atomic E-state index is 0.463. The first-order valence-electron chi connectivity index (χ1n) is 4.66. The van der Waals surface area contributed by atoms with Crippen molar-refractivity contribution >= 4 is 11.6 Å². The van der Waals surface area contributed by atoms with Gasteiger partial charge in [-0.05, 0) is 17.7 Å². The van der Waals surface area contributed by atoms with Crippen LogP contribution in [0.25, 0.3) is 0 Å². The average Bonchev–Trinajstić information content (AvgIpc) is 2.29. The van der Waals surface area contributed by atoms with Crippen molar-refractivity contribution in [3.8, 4) is 11.5 Å². The van der Waals surface area contributed by atoms with E-state index < -0.39 is 0 Å². The van der Waals surface area contributed by atoms with E-state index >= 15 is 0 Å². The summed E-state index contributed by atoms with van der Waals surface area (Å²) in [6.07, 6.45) is 0. The highest BCUT2D eigenvalue weighted by Gasteiger charge is 2.04. The maximum atomic E-state index is 5.73. The van der Waals surface area contributed by atoms with E-state index in [4.69, 9.17) is 25.8 Å². The molecule has 15 heavy (non-hydrogen) atoms. The van der Waals surface area contributed by atoms with Gasteiger partial charge in [0.15, 0.2) is 11.5 Å². The molecular weight excluding hydrogens is 216 g/mol. The van der Waals surface area contributed by atoms with Gasteiger partial charge in [0.05, 0.1) is 13.7 Å². The summed E-state index contributed by atoms with van der Waals surface area (Å²) in [5.74, 6) is 1.87. The van der Waals surface area contributed by atoms with Gasteiger partial charge in [0.25, 0.3) is 0 Å². The lowest BCUT2D eigenvalue weighted by atomic mass is 10.2. The second kappa shape index (κ2) is 6.53. The Morgan fingerprint density at radius 2 is 1.93 bits per heavy atom. The van der Waals surface area contributed by atoms with Crippen LogP contribution in [0.15, 0.2) is 18.2 Å². The van der Waals surface area contributed by atoms with Crippen molar-refractivity contribution in [1.82, 2.24) is 0 Å². The highest BCUT2D eigenvalue weighted by Crippen LogP contribution is 2.28. The highest BCUT2D eigenvalue weighted by atomic mass is 35.5. The number of hydrogen-bond acceptors (Lipinski definition) is 3. The minimum Gasteiger partial charge on any atom is -0.493 e. The predicted molar refractivity (Wildman–Crippen MR) is 59.9 cm³/mol. The Kier molecular flexibility index (Phi) is 5.29. The van der Waals surface area contributed by atoms with E-state index in [0.29, 0.717) is 30.6 Å². The number of ether oxygens (including phenoxy) is 3. The van der Waals surface area contributed by atoms with Crippen molar-refractivity contribution in [3.05, 3.63) is 23.8 Å². The Morgan fingerprint density at radius 1 is 1.13 bits per heavy atom. The summed E-state index contributed by atoms with van der Waals surface area (Å²) in [5, 5.41) is 0. The second-order valence-electron chi connectivity index (χ2n) is 2.96. The third-order valence-corrected chi connectivity index (χ3v) is 2.24. The van der Waals surface area contributed by atoms with E-state index in [0.717, 1.165) is 5.56 Å². The Morgan fingerprint density at radius 3 is 2.53 bits per heavy atom. The monoisotopic (exact) mass is 230 g/mol. The van der Waals surface area contributed by atoms with Crippen LogP contribution in [0.2, 0.25) is 0 Å². The average molecular weight is 231 g/mol. The molecule has 1 aromatic rings. The number of halogens is 1. The lowest BCUT2D eigenvalue weighted by molar-refractivity contribution is 0.144. The Balaban J connectivity index is 2.72. The zero-order valence-electron chi connectivity index (χ0n) is 8.96. The molecule has 4 heteroatoms. The van der Waals surface area contributed by atoms with Gasteiger partial charge in [-0.1, -0.05) is 6.07 Å². The summed E-state index contributed by atoms with van der Waals surface area (Å²) >= 11 is 5.73. The highest BCUT2D eigenvalue weighted by molar-refractivity contribution is 6.17. The van der Waals surface area contributed by atoms with Crippen molar-refractivity contribution in [2.75, 3.05) is 27.4 Å². The van der Waals surface area contributed by atoms with Gasteiger partial charge in [0.2, 0.25) is 0 Å². The second-order valence-corrected chi connectivity index (χ2v) is 3.23. The molecule has 0 fully saturated rings. The molecule has 0 aliphatic heterocycles. The molecule has 0 unspecified atom stereocenters. The molecule has 0 radical (unpaired) electrons. The zero-order valence-corrected chi connectivity index (χ0v) is 9.71. The molecule has 0 amide bonds. The van der Waals surface area contributed by atoms with Crippen LogP contribution in [0.5, 0.6) is 11.5 Å². The van der Waals surface area contributed by atoms with E-state index in [1.165, 1.54) is 0 Å². The SMILES string of the molecule is COCCOc1cc(CCl)ccc1OC. The summed E-state index contributed by atoms with van der Waals surface area (Å²) in [6.45, 7) is 1.05. The molecule has 0 aliphatic rings.